The van der Waals surface area contributed by atoms with Gasteiger partial charge in [0.15, 0.2) is 0 Å². The van der Waals surface area contributed by atoms with Crippen LogP contribution in [0.3, 0.4) is 0 Å². The Hall–Kier alpha value is -0.790. The third-order valence-corrected chi connectivity index (χ3v) is 4.77. The molecule has 3 aliphatic carbocycles. The minimum atomic E-state index is -0.103. The summed E-state index contributed by atoms with van der Waals surface area (Å²) in [5.41, 5.74) is 2.28. The van der Waals surface area contributed by atoms with Gasteiger partial charge in [-0.05, 0) is 42.9 Å². The summed E-state index contributed by atoms with van der Waals surface area (Å²) >= 11 is 0. The molecule has 2 nitrogen and oxygen atoms in total. The quantitative estimate of drug-likeness (QED) is 0.546. The fraction of sp³-hybridized carbons (Fsp3) is 0.833. The van der Waals surface area contributed by atoms with Gasteiger partial charge in [0.25, 0.3) is 0 Å². The van der Waals surface area contributed by atoms with Crippen molar-refractivity contribution in [1.29, 1.82) is 0 Å². The molecular weight excluding hydrogens is 248 g/mol. The third-order valence-electron chi connectivity index (χ3n) is 4.77. The van der Waals surface area contributed by atoms with Crippen LogP contribution in [0.4, 0.5) is 0 Å². The van der Waals surface area contributed by atoms with Crippen molar-refractivity contribution >= 4 is 5.97 Å². The van der Waals surface area contributed by atoms with Gasteiger partial charge in [0.2, 0.25) is 0 Å². The van der Waals surface area contributed by atoms with E-state index in [1.807, 2.05) is 27.7 Å². The minimum Gasteiger partial charge on any atom is -0.465 e. The van der Waals surface area contributed by atoms with Crippen molar-refractivity contribution in [3.8, 4) is 0 Å². The Balaban J connectivity index is 0.000000200. The number of allylic oxidation sites excluding steroid dienone is 2. The second-order valence-corrected chi connectivity index (χ2v) is 7.67. The highest BCUT2D eigenvalue weighted by atomic mass is 16.5. The standard InChI is InChI=1S/C10H16.C8H16O2/c1-7-4-5-8-6-9(7)10(8,2)3;1-6(2)5-10-8(9)7(3)4/h4,8-9H,5-6H2,1-3H3;6-7H,5H2,1-4H3. The average Bonchev–Trinajstić information content (AvgIpc) is 2.36. The molecule has 3 aliphatic rings. The second kappa shape index (κ2) is 6.78. The smallest absolute Gasteiger partial charge is 0.308 e. The molecule has 2 atom stereocenters. The molecule has 0 aromatic rings. The molecule has 116 valence electrons. The van der Waals surface area contributed by atoms with Crippen LogP contribution in [0.5, 0.6) is 0 Å². The van der Waals surface area contributed by atoms with Crippen LogP contribution in [-0.2, 0) is 9.53 Å². The molecule has 2 unspecified atom stereocenters. The van der Waals surface area contributed by atoms with Gasteiger partial charge in [-0.15, -0.1) is 0 Å². The van der Waals surface area contributed by atoms with Gasteiger partial charge in [0.05, 0.1) is 12.5 Å². The van der Waals surface area contributed by atoms with Gasteiger partial charge in [0.1, 0.15) is 0 Å². The normalized spacial score (nSPS) is 26.4. The van der Waals surface area contributed by atoms with Crippen LogP contribution in [0.25, 0.3) is 0 Å². The van der Waals surface area contributed by atoms with E-state index in [-0.39, 0.29) is 11.9 Å². The van der Waals surface area contributed by atoms with E-state index in [0.717, 1.165) is 11.8 Å². The number of esters is 1. The Kier molecular flexibility index (Phi) is 5.85. The van der Waals surface area contributed by atoms with Crippen molar-refractivity contribution < 1.29 is 9.53 Å². The van der Waals surface area contributed by atoms with Crippen molar-refractivity contribution in [3.63, 3.8) is 0 Å². The van der Waals surface area contributed by atoms with E-state index >= 15 is 0 Å². The number of carbonyl (C=O) groups excluding carboxylic acids is 1. The molecule has 0 aromatic carbocycles. The minimum absolute atomic E-state index is 0.00116. The van der Waals surface area contributed by atoms with Crippen LogP contribution in [-0.4, -0.2) is 12.6 Å². The topological polar surface area (TPSA) is 26.3 Å². The van der Waals surface area contributed by atoms with E-state index < -0.39 is 0 Å². The molecule has 0 aliphatic heterocycles. The average molecular weight is 280 g/mol. The summed E-state index contributed by atoms with van der Waals surface area (Å²) in [6.07, 6.45) is 5.24. The summed E-state index contributed by atoms with van der Waals surface area (Å²) in [6.45, 7) is 15.4. The molecule has 2 bridgehead atoms. The number of hydrogen-bond donors (Lipinski definition) is 0. The predicted octanol–water partition coefficient (Wildman–Crippen LogP) is 4.84. The van der Waals surface area contributed by atoms with Gasteiger partial charge in [0, 0.05) is 0 Å². The first-order chi connectivity index (χ1) is 9.16. The Morgan fingerprint density at radius 1 is 1.35 bits per heavy atom. The fourth-order valence-electron chi connectivity index (χ4n) is 3.07. The molecule has 0 aromatic heterocycles. The van der Waals surface area contributed by atoms with Crippen LogP contribution < -0.4 is 0 Å². The maximum absolute atomic E-state index is 10.8. The molecule has 0 saturated heterocycles. The van der Waals surface area contributed by atoms with Gasteiger partial charge in [-0.2, -0.15) is 0 Å². The van der Waals surface area contributed by atoms with Crippen LogP contribution >= 0.6 is 0 Å². The Labute approximate surface area is 125 Å². The van der Waals surface area contributed by atoms with Crippen molar-refractivity contribution in [1.82, 2.24) is 0 Å². The second-order valence-electron chi connectivity index (χ2n) is 7.67. The summed E-state index contributed by atoms with van der Waals surface area (Å²) in [7, 11) is 0. The molecular formula is C18H32O2. The Morgan fingerprint density at radius 3 is 2.25 bits per heavy atom. The lowest BCUT2D eigenvalue weighted by molar-refractivity contribution is -0.148. The maximum Gasteiger partial charge on any atom is 0.308 e. The summed E-state index contributed by atoms with van der Waals surface area (Å²) in [4.78, 5) is 10.8. The van der Waals surface area contributed by atoms with Crippen LogP contribution in [0.1, 0.15) is 61.3 Å². The summed E-state index contributed by atoms with van der Waals surface area (Å²) < 4.78 is 4.93. The summed E-state index contributed by atoms with van der Waals surface area (Å²) in [5, 5.41) is 0. The molecule has 2 heteroatoms. The van der Waals surface area contributed by atoms with Gasteiger partial charge in [-0.3, -0.25) is 4.79 Å². The molecule has 0 spiro atoms. The lowest BCUT2D eigenvalue weighted by atomic mass is 9.49. The predicted molar refractivity (Wildman–Crippen MR) is 84.4 cm³/mol. The number of carbonyl (C=O) groups is 1. The van der Waals surface area contributed by atoms with E-state index in [2.05, 4.69) is 26.8 Å². The van der Waals surface area contributed by atoms with E-state index in [1.165, 1.54) is 12.8 Å². The number of fused-ring (bicyclic) bond motifs is 1. The zero-order valence-corrected chi connectivity index (χ0v) is 14.3. The molecule has 1 fully saturated rings. The highest BCUT2D eigenvalue weighted by Crippen LogP contribution is 2.58. The molecule has 0 N–H and O–H groups in total. The first kappa shape index (κ1) is 17.3. The van der Waals surface area contributed by atoms with E-state index in [4.69, 9.17) is 4.74 Å². The van der Waals surface area contributed by atoms with Crippen molar-refractivity contribution in [2.24, 2.45) is 29.1 Å². The summed E-state index contributed by atoms with van der Waals surface area (Å²) in [6, 6.07) is 0. The van der Waals surface area contributed by atoms with Gasteiger partial charge in [-0.25, -0.2) is 0 Å². The highest BCUT2D eigenvalue weighted by Gasteiger charge is 2.49. The molecule has 0 radical (unpaired) electrons. The van der Waals surface area contributed by atoms with Gasteiger partial charge in [-0.1, -0.05) is 53.2 Å². The van der Waals surface area contributed by atoms with Gasteiger partial charge < -0.3 is 4.74 Å². The van der Waals surface area contributed by atoms with Crippen LogP contribution in [0, 0.1) is 29.1 Å². The first-order valence-electron chi connectivity index (χ1n) is 7.99. The molecule has 0 heterocycles. The van der Waals surface area contributed by atoms with Gasteiger partial charge >= 0.3 is 5.97 Å². The van der Waals surface area contributed by atoms with E-state index in [9.17, 15) is 4.79 Å². The lowest BCUT2D eigenvalue weighted by Crippen LogP contribution is -2.47. The largest absolute Gasteiger partial charge is 0.465 e. The number of rotatable bonds is 3. The fourth-order valence-corrected chi connectivity index (χ4v) is 3.07. The Bertz CT molecular complexity index is 364. The molecule has 20 heavy (non-hydrogen) atoms. The van der Waals surface area contributed by atoms with E-state index in [1.54, 1.807) is 5.57 Å². The van der Waals surface area contributed by atoms with Crippen molar-refractivity contribution in [2.75, 3.05) is 6.61 Å². The SMILES string of the molecule is CC(C)COC(=O)C(C)C.CC1=CCC2CC1C2(C)C. The maximum atomic E-state index is 10.8. The van der Waals surface area contributed by atoms with E-state index in [0.29, 0.717) is 17.9 Å². The third kappa shape index (κ3) is 4.10. The molecule has 1 saturated carbocycles. The van der Waals surface area contributed by atoms with Crippen molar-refractivity contribution in [3.05, 3.63) is 11.6 Å². The Morgan fingerprint density at radius 2 is 1.95 bits per heavy atom. The molecule has 3 rings (SSSR count). The monoisotopic (exact) mass is 280 g/mol. The number of ether oxygens (including phenoxy) is 1. The first-order valence-corrected chi connectivity index (χ1v) is 7.99. The molecule has 0 amide bonds. The van der Waals surface area contributed by atoms with Crippen molar-refractivity contribution in [2.45, 2.75) is 61.3 Å². The zero-order chi connectivity index (χ0) is 15.5. The lowest BCUT2D eigenvalue weighted by Gasteiger charge is -2.56. The number of hydrogen-bond acceptors (Lipinski definition) is 2. The van der Waals surface area contributed by atoms with Crippen LogP contribution in [0.15, 0.2) is 11.6 Å². The summed E-state index contributed by atoms with van der Waals surface area (Å²) in [5.74, 6) is 2.25. The van der Waals surface area contributed by atoms with Crippen LogP contribution in [0.2, 0.25) is 0 Å². The zero-order valence-electron chi connectivity index (χ0n) is 14.3. The highest BCUT2D eigenvalue weighted by molar-refractivity contribution is 5.71.